The number of carboxylic acids is 1. The van der Waals surface area contributed by atoms with Crippen LogP contribution in [-0.4, -0.2) is 51.9 Å². The van der Waals surface area contributed by atoms with E-state index < -0.39 is 5.97 Å². The lowest BCUT2D eigenvalue weighted by molar-refractivity contribution is 0.0697. The zero-order chi connectivity index (χ0) is 16.2. The molecule has 0 aliphatic carbocycles. The summed E-state index contributed by atoms with van der Waals surface area (Å²) in [4.78, 5) is 13.7. The topological polar surface area (TPSA) is 65.7 Å². The number of carbonyl (C=O) groups is 1. The molecule has 3 rings (SSSR count). The van der Waals surface area contributed by atoms with Gasteiger partial charge < -0.3 is 19.7 Å². The Balaban J connectivity index is 1.89. The first-order chi connectivity index (χ1) is 11.2. The van der Waals surface area contributed by atoms with Gasteiger partial charge >= 0.3 is 5.97 Å². The van der Waals surface area contributed by atoms with Crippen molar-refractivity contribution in [2.24, 2.45) is 0 Å². The van der Waals surface area contributed by atoms with Crippen LogP contribution in [0.1, 0.15) is 35.2 Å². The molecule has 1 aliphatic heterocycles. The molecule has 2 N–H and O–H groups in total. The van der Waals surface area contributed by atoms with Crippen molar-refractivity contribution in [3.8, 4) is 0 Å². The van der Waals surface area contributed by atoms with E-state index in [-0.39, 0.29) is 6.61 Å². The van der Waals surface area contributed by atoms with Crippen molar-refractivity contribution >= 4 is 16.9 Å². The number of fused-ring (bicyclic) bond motifs is 1. The van der Waals surface area contributed by atoms with E-state index in [9.17, 15) is 9.90 Å². The maximum Gasteiger partial charge on any atom is 0.335 e. The number of aryl methyl sites for hydroxylation is 1. The molecule has 0 atom stereocenters. The minimum absolute atomic E-state index is 0.163. The van der Waals surface area contributed by atoms with Crippen molar-refractivity contribution in [1.29, 1.82) is 0 Å². The average molecular weight is 316 g/mol. The highest BCUT2D eigenvalue weighted by atomic mass is 16.4. The first kappa shape index (κ1) is 16.0. The van der Waals surface area contributed by atoms with Crippen molar-refractivity contribution in [2.75, 3.05) is 26.2 Å². The lowest BCUT2D eigenvalue weighted by atomic mass is 10.1. The Kier molecular flexibility index (Phi) is 4.98. The lowest BCUT2D eigenvalue weighted by Gasteiger charge is -2.13. The summed E-state index contributed by atoms with van der Waals surface area (Å²) in [6.45, 7) is 4.28. The highest BCUT2D eigenvalue weighted by Gasteiger charge is 2.15. The van der Waals surface area contributed by atoms with Crippen molar-refractivity contribution in [3.05, 3.63) is 35.5 Å². The van der Waals surface area contributed by atoms with Gasteiger partial charge in [0.05, 0.1) is 5.56 Å². The molecule has 2 heterocycles. The Morgan fingerprint density at radius 2 is 1.96 bits per heavy atom. The van der Waals surface area contributed by atoms with Crippen LogP contribution in [0.25, 0.3) is 10.9 Å². The second kappa shape index (κ2) is 7.15. The summed E-state index contributed by atoms with van der Waals surface area (Å²) in [6, 6.07) is 5.33. The number of likely N-dealkylation sites (tertiary alicyclic amines) is 1. The Bertz CT molecular complexity index is 687. The van der Waals surface area contributed by atoms with Gasteiger partial charge in [-0.05, 0) is 62.5 Å². The second-order valence-electron chi connectivity index (χ2n) is 6.26. The number of aliphatic hydroxyl groups excluding tert-OH is 1. The summed E-state index contributed by atoms with van der Waals surface area (Å²) >= 11 is 0. The number of benzene rings is 1. The number of aromatic carboxylic acids is 1. The molecule has 0 amide bonds. The van der Waals surface area contributed by atoms with E-state index in [0.29, 0.717) is 12.0 Å². The van der Waals surface area contributed by atoms with Crippen molar-refractivity contribution < 1.29 is 15.0 Å². The third-order valence-corrected chi connectivity index (χ3v) is 4.66. The fourth-order valence-electron chi connectivity index (χ4n) is 3.41. The predicted molar refractivity (Wildman–Crippen MR) is 90.0 cm³/mol. The van der Waals surface area contributed by atoms with Crippen molar-refractivity contribution in [3.63, 3.8) is 0 Å². The monoisotopic (exact) mass is 316 g/mol. The van der Waals surface area contributed by atoms with Gasteiger partial charge in [0.1, 0.15) is 0 Å². The molecule has 0 spiro atoms. The van der Waals surface area contributed by atoms with Crippen LogP contribution in [0.5, 0.6) is 0 Å². The van der Waals surface area contributed by atoms with Gasteiger partial charge in [0, 0.05) is 36.8 Å². The smallest absolute Gasteiger partial charge is 0.335 e. The van der Waals surface area contributed by atoms with Gasteiger partial charge in [-0.1, -0.05) is 0 Å². The Morgan fingerprint density at radius 3 is 2.65 bits per heavy atom. The van der Waals surface area contributed by atoms with E-state index in [4.69, 9.17) is 5.11 Å². The van der Waals surface area contributed by atoms with Crippen LogP contribution in [0.3, 0.4) is 0 Å². The van der Waals surface area contributed by atoms with E-state index in [1.165, 1.54) is 31.5 Å². The van der Waals surface area contributed by atoms with Gasteiger partial charge in [0.15, 0.2) is 0 Å². The molecule has 1 saturated heterocycles. The van der Waals surface area contributed by atoms with Crippen LogP contribution in [-0.2, 0) is 13.0 Å². The molecule has 1 aromatic heterocycles. The first-order valence-electron chi connectivity index (χ1n) is 8.37. The number of hydrogen-bond acceptors (Lipinski definition) is 3. The molecule has 1 fully saturated rings. The van der Waals surface area contributed by atoms with Crippen molar-refractivity contribution in [1.82, 2.24) is 9.47 Å². The molecule has 1 aromatic carbocycles. The first-order valence-corrected chi connectivity index (χ1v) is 8.37. The third-order valence-electron chi connectivity index (χ3n) is 4.66. The lowest BCUT2D eigenvalue weighted by Crippen LogP contribution is -2.21. The van der Waals surface area contributed by atoms with Gasteiger partial charge in [0.25, 0.3) is 0 Å². The molecular formula is C18H24N2O3. The normalized spacial score (nSPS) is 15.5. The van der Waals surface area contributed by atoms with Crippen molar-refractivity contribution in [2.45, 2.75) is 32.2 Å². The zero-order valence-electron chi connectivity index (χ0n) is 13.4. The van der Waals surface area contributed by atoms with Gasteiger partial charge in [-0.15, -0.1) is 0 Å². The fourth-order valence-corrected chi connectivity index (χ4v) is 3.41. The zero-order valence-corrected chi connectivity index (χ0v) is 13.4. The number of aliphatic hydroxyl groups is 1. The van der Waals surface area contributed by atoms with E-state index in [1.807, 2.05) is 6.07 Å². The quantitative estimate of drug-likeness (QED) is 0.823. The number of nitrogens with zero attached hydrogens (tertiary/aromatic N) is 2. The number of aromatic nitrogens is 1. The third kappa shape index (κ3) is 3.57. The van der Waals surface area contributed by atoms with Crippen LogP contribution in [0, 0.1) is 0 Å². The average Bonchev–Trinajstić information content (AvgIpc) is 3.18. The summed E-state index contributed by atoms with van der Waals surface area (Å²) in [7, 11) is 0. The molecule has 23 heavy (non-hydrogen) atoms. The maximum absolute atomic E-state index is 11.3. The SMILES string of the molecule is O=C(O)c1ccc2c(c1)c(CCN1CCCC1)cn2CCCO. The molecule has 2 aromatic rings. The molecule has 0 radical (unpaired) electrons. The summed E-state index contributed by atoms with van der Waals surface area (Å²) < 4.78 is 2.14. The van der Waals surface area contributed by atoms with E-state index >= 15 is 0 Å². The van der Waals surface area contributed by atoms with E-state index in [0.717, 1.165) is 30.4 Å². The minimum atomic E-state index is -0.888. The van der Waals surface area contributed by atoms with Crippen LogP contribution >= 0.6 is 0 Å². The molecule has 0 saturated carbocycles. The molecular weight excluding hydrogens is 292 g/mol. The molecule has 1 aliphatic rings. The Hall–Kier alpha value is -1.85. The largest absolute Gasteiger partial charge is 0.478 e. The molecule has 0 bridgehead atoms. The molecule has 124 valence electrons. The molecule has 0 unspecified atom stereocenters. The number of hydrogen-bond donors (Lipinski definition) is 2. The van der Waals surface area contributed by atoms with Gasteiger partial charge in [-0.25, -0.2) is 4.79 Å². The Morgan fingerprint density at radius 1 is 1.17 bits per heavy atom. The van der Waals surface area contributed by atoms with Crippen LogP contribution < -0.4 is 0 Å². The minimum Gasteiger partial charge on any atom is -0.478 e. The molecule has 5 nitrogen and oxygen atoms in total. The van der Waals surface area contributed by atoms with E-state index in [1.54, 1.807) is 12.1 Å². The van der Waals surface area contributed by atoms with E-state index in [2.05, 4.69) is 15.7 Å². The fraction of sp³-hybridized carbons (Fsp3) is 0.500. The number of carboxylic acid groups (broad SMARTS) is 1. The van der Waals surface area contributed by atoms with Crippen LogP contribution in [0.2, 0.25) is 0 Å². The maximum atomic E-state index is 11.3. The Labute approximate surface area is 136 Å². The second-order valence-corrected chi connectivity index (χ2v) is 6.26. The highest BCUT2D eigenvalue weighted by Crippen LogP contribution is 2.24. The van der Waals surface area contributed by atoms with Crippen LogP contribution in [0.15, 0.2) is 24.4 Å². The van der Waals surface area contributed by atoms with Gasteiger partial charge in [0.2, 0.25) is 0 Å². The highest BCUT2D eigenvalue weighted by molar-refractivity contribution is 5.95. The summed E-state index contributed by atoms with van der Waals surface area (Å²) in [5.41, 5.74) is 2.59. The predicted octanol–water partition coefficient (Wildman–Crippen LogP) is 2.36. The van der Waals surface area contributed by atoms with Gasteiger partial charge in [-0.2, -0.15) is 0 Å². The van der Waals surface area contributed by atoms with Crippen LogP contribution in [0.4, 0.5) is 0 Å². The van der Waals surface area contributed by atoms with Gasteiger partial charge in [-0.3, -0.25) is 0 Å². The summed E-state index contributed by atoms with van der Waals surface area (Å²) in [5, 5.41) is 19.3. The summed E-state index contributed by atoms with van der Waals surface area (Å²) in [6.07, 6.45) is 6.33. The standard InChI is InChI=1S/C18H24N2O3/c21-11-3-9-20-13-15(6-10-19-7-1-2-8-19)16-12-14(18(22)23)4-5-17(16)20/h4-5,12-13,21H,1-3,6-11H2,(H,22,23). The number of rotatable bonds is 7. The molecule has 5 heteroatoms. The summed E-state index contributed by atoms with van der Waals surface area (Å²) in [5.74, 6) is -0.888.